The molecule has 3 N–H and O–H groups in total. The molecule has 0 bridgehead atoms. The quantitative estimate of drug-likeness (QED) is 0.825. The van der Waals surface area contributed by atoms with Crippen molar-refractivity contribution in [1.82, 2.24) is 10.3 Å². The number of amides is 1. The first kappa shape index (κ1) is 13.7. The van der Waals surface area contributed by atoms with Crippen LogP contribution < -0.4 is 11.1 Å². The Labute approximate surface area is 123 Å². The van der Waals surface area contributed by atoms with Crippen molar-refractivity contribution in [3.63, 3.8) is 0 Å². The van der Waals surface area contributed by atoms with E-state index in [-0.39, 0.29) is 5.91 Å². The van der Waals surface area contributed by atoms with Gasteiger partial charge in [0.15, 0.2) is 0 Å². The molecule has 1 aliphatic rings. The van der Waals surface area contributed by atoms with Gasteiger partial charge in [0.25, 0.3) is 0 Å². The Morgan fingerprint density at radius 3 is 2.67 bits per heavy atom. The lowest BCUT2D eigenvalue weighted by Gasteiger charge is -2.15. The molecule has 5 nitrogen and oxygen atoms in total. The molecule has 0 unspecified atom stereocenters. The number of nitrogens with two attached hydrogens (primary N) is 1. The second-order valence-electron chi connectivity index (χ2n) is 5.46. The average Bonchev–Trinajstić information content (AvgIpc) is 3.18. The fourth-order valence-electron chi connectivity index (χ4n) is 2.49. The van der Waals surface area contributed by atoms with Gasteiger partial charge in [0.2, 0.25) is 11.8 Å². The number of nitrogens with one attached hydrogen (secondary N) is 1. The first-order valence-corrected chi connectivity index (χ1v) is 7.22. The van der Waals surface area contributed by atoms with Crippen molar-refractivity contribution in [3.8, 4) is 0 Å². The SMILES string of the molecule is CCc1cnc(CNC(=O)C2(c3ccc(N)cc3)CC2)o1. The van der Waals surface area contributed by atoms with E-state index in [2.05, 4.69) is 10.3 Å². The van der Waals surface area contributed by atoms with Crippen LogP contribution in [0.1, 0.15) is 37.0 Å². The van der Waals surface area contributed by atoms with Crippen LogP contribution in [0.2, 0.25) is 0 Å². The third kappa shape index (κ3) is 2.63. The molecule has 1 amide bonds. The largest absolute Gasteiger partial charge is 0.444 e. The van der Waals surface area contributed by atoms with E-state index in [1.165, 1.54) is 0 Å². The van der Waals surface area contributed by atoms with Gasteiger partial charge in [-0.05, 0) is 30.5 Å². The minimum absolute atomic E-state index is 0.0310. The molecule has 0 radical (unpaired) electrons. The van der Waals surface area contributed by atoms with Crippen LogP contribution in [-0.4, -0.2) is 10.9 Å². The number of oxazole rings is 1. The normalized spacial score (nSPS) is 15.7. The molecule has 1 saturated carbocycles. The van der Waals surface area contributed by atoms with Crippen LogP contribution in [0.5, 0.6) is 0 Å². The molecule has 0 aliphatic heterocycles. The molecular formula is C16H19N3O2. The standard InChI is InChI=1S/C16H19N3O2/c1-2-13-9-18-14(21-13)10-19-15(20)16(7-8-16)11-3-5-12(17)6-4-11/h3-6,9H,2,7-8,10,17H2,1H3,(H,19,20). The highest BCUT2D eigenvalue weighted by molar-refractivity contribution is 5.91. The van der Waals surface area contributed by atoms with Gasteiger partial charge in [-0.1, -0.05) is 19.1 Å². The summed E-state index contributed by atoms with van der Waals surface area (Å²) in [5, 5.41) is 2.93. The topological polar surface area (TPSA) is 81.2 Å². The summed E-state index contributed by atoms with van der Waals surface area (Å²) in [6, 6.07) is 7.54. The first-order chi connectivity index (χ1) is 10.1. The van der Waals surface area contributed by atoms with Crippen molar-refractivity contribution < 1.29 is 9.21 Å². The van der Waals surface area contributed by atoms with E-state index in [1.807, 2.05) is 31.2 Å². The van der Waals surface area contributed by atoms with Gasteiger partial charge in [-0.2, -0.15) is 0 Å². The smallest absolute Gasteiger partial charge is 0.231 e. The number of nitrogen functional groups attached to an aromatic ring is 1. The lowest BCUT2D eigenvalue weighted by molar-refractivity contribution is -0.123. The lowest BCUT2D eigenvalue weighted by Crippen LogP contribution is -2.34. The molecule has 0 spiro atoms. The fourth-order valence-corrected chi connectivity index (χ4v) is 2.49. The molecule has 5 heteroatoms. The van der Waals surface area contributed by atoms with E-state index < -0.39 is 5.41 Å². The number of carbonyl (C=O) groups is 1. The van der Waals surface area contributed by atoms with Crippen molar-refractivity contribution >= 4 is 11.6 Å². The van der Waals surface area contributed by atoms with Crippen LogP contribution in [0.15, 0.2) is 34.9 Å². The number of nitrogens with zero attached hydrogens (tertiary/aromatic N) is 1. The van der Waals surface area contributed by atoms with Crippen molar-refractivity contribution in [2.24, 2.45) is 0 Å². The zero-order chi connectivity index (χ0) is 14.9. The number of anilines is 1. The third-order valence-electron chi connectivity index (χ3n) is 4.00. The highest BCUT2D eigenvalue weighted by Crippen LogP contribution is 2.48. The molecule has 1 fully saturated rings. The molecule has 0 saturated heterocycles. The third-order valence-corrected chi connectivity index (χ3v) is 4.00. The number of hydrogen-bond acceptors (Lipinski definition) is 4. The first-order valence-electron chi connectivity index (χ1n) is 7.22. The van der Waals surface area contributed by atoms with E-state index >= 15 is 0 Å². The summed E-state index contributed by atoms with van der Waals surface area (Å²) >= 11 is 0. The van der Waals surface area contributed by atoms with E-state index in [4.69, 9.17) is 10.2 Å². The number of aromatic nitrogens is 1. The number of benzene rings is 1. The van der Waals surface area contributed by atoms with Crippen molar-refractivity contribution in [3.05, 3.63) is 47.7 Å². The molecule has 1 aromatic carbocycles. The van der Waals surface area contributed by atoms with Crippen LogP contribution in [0.4, 0.5) is 5.69 Å². The molecule has 110 valence electrons. The minimum atomic E-state index is -0.395. The summed E-state index contributed by atoms with van der Waals surface area (Å²) in [6.07, 6.45) is 4.24. The maximum Gasteiger partial charge on any atom is 0.231 e. The van der Waals surface area contributed by atoms with Crippen molar-refractivity contribution in [2.75, 3.05) is 5.73 Å². The van der Waals surface area contributed by atoms with Crippen molar-refractivity contribution in [1.29, 1.82) is 0 Å². The summed E-state index contributed by atoms with van der Waals surface area (Å²) in [5.74, 6) is 1.41. The van der Waals surface area contributed by atoms with Gasteiger partial charge in [0, 0.05) is 12.1 Å². The zero-order valence-electron chi connectivity index (χ0n) is 12.1. The van der Waals surface area contributed by atoms with Crippen LogP contribution in [0.25, 0.3) is 0 Å². The number of rotatable bonds is 5. The number of hydrogen-bond donors (Lipinski definition) is 2. The summed E-state index contributed by atoms with van der Waals surface area (Å²) in [7, 11) is 0. The zero-order valence-corrected chi connectivity index (χ0v) is 12.1. The van der Waals surface area contributed by atoms with Gasteiger partial charge in [0.1, 0.15) is 5.76 Å². The molecule has 2 aromatic rings. The summed E-state index contributed by atoms with van der Waals surface area (Å²) < 4.78 is 5.50. The van der Waals surface area contributed by atoms with Crippen LogP contribution >= 0.6 is 0 Å². The van der Waals surface area contributed by atoms with E-state index in [0.717, 1.165) is 30.6 Å². The van der Waals surface area contributed by atoms with Crippen molar-refractivity contribution in [2.45, 2.75) is 38.1 Å². The highest BCUT2D eigenvalue weighted by atomic mass is 16.4. The number of aryl methyl sites for hydroxylation is 1. The molecule has 1 aromatic heterocycles. The van der Waals surface area contributed by atoms with Gasteiger partial charge in [-0.15, -0.1) is 0 Å². The Kier molecular flexibility index (Phi) is 3.41. The molecule has 1 heterocycles. The van der Waals surface area contributed by atoms with E-state index in [9.17, 15) is 4.79 Å². The summed E-state index contributed by atoms with van der Waals surface area (Å²) in [4.78, 5) is 16.6. The highest BCUT2D eigenvalue weighted by Gasteiger charge is 2.51. The van der Waals surface area contributed by atoms with Crippen LogP contribution in [0, 0.1) is 0 Å². The monoisotopic (exact) mass is 285 g/mol. The van der Waals surface area contributed by atoms with E-state index in [1.54, 1.807) is 6.20 Å². The van der Waals surface area contributed by atoms with Gasteiger partial charge in [-0.25, -0.2) is 4.98 Å². The van der Waals surface area contributed by atoms with Gasteiger partial charge in [0.05, 0.1) is 18.2 Å². The minimum Gasteiger partial charge on any atom is -0.444 e. The predicted molar refractivity (Wildman–Crippen MR) is 79.5 cm³/mol. The Balaban J connectivity index is 1.66. The predicted octanol–water partition coefficient (Wildman–Crippen LogP) is 2.17. The van der Waals surface area contributed by atoms with Gasteiger partial charge < -0.3 is 15.5 Å². The average molecular weight is 285 g/mol. The fraction of sp³-hybridized carbons (Fsp3) is 0.375. The summed E-state index contributed by atoms with van der Waals surface area (Å²) in [6.45, 7) is 2.33. The molecule has 3 rings (SSSR count). The van der Waals surface area contributed by atoms with Gasteiger partial charge >= 0.3 is 0 Å². The van der Waals surface area contributed by atoms with Crippen LogP contribution in [0.3, 0.4) is 0 Å². The maximum atomic E-state index is 12.5. The molecule has 0 atom stereocenters. The molecular weight excluding hydrogens is 266 g/mol. The van der Waals surface area contributed by atoms with E-state index in [0.29, 0.717) is 18.1 Å². The summed E-state index contributed by atoms with van der Waals surface area (Å²) in [5.41, 5.74) is 7.03. The Morgan fingerprint density at radius 2 is 2.10 bits per heavy atom. The van der Waals surface area contributed by atoms with Crippen LogP contribution in [-0.2, 0) is 23.2 Å². The Morgan fingerprint density at radius 1 is 1.38 bits per heavy atom. The van der Waals surface area contributed by atoms with Gasteiger partial charge in [-0.3, -0.25) is 4.79 Å². The maximum absolute atomic E-state index is 12.5. The second-order valence-corrected chi connectivity index (χ2v) is 5.46. The Bertz CT molecular complexity index is 642. The molecule has 1 aliphatic carbocycles. The Hall–Kier alpha value is -2.30. The second kappa shape index (κ2) is 5.24. The molecule has 21 heavy (non-hydrogen) atoms. The lowest BCUT2D eigenvalue weighted by atomic mass is 9.95. The number of carbonyl (C=O) groups excluding carboxylic acids is 1.